The first-order valence-corrected chi connectivity index (χ1v) is 15.4. The molecule has 0 saturated carbocycles. The second kappa shape index (κ2) is 11.7. The van der Waals surface area contributed by atoms with E-state index in [1.165, 1.54) is 5.56 Å². The summed E-state index contributed by atoms with van der Waals surface area (Å²) in [7, 11) is -3.36. The first kappa shape index (κ1) is 27.7. The number of hydrogen-bond donors (Lipinski definition) is 2. The molecule has 11 heteroatoms. The number of ether oxygens (including phenoxy) is 1. The molecular formula is C28H30IN5O4S. The molecule has 4 aromatic rings. The number of rotatable bonds is 8. The van der Waals surface area contributed by atoms with Gasteiger partial charge in [0.2, 0.25) is 5.76 Å². The van der Waals surface area contributed by atoms with Crippen molar-refractivity contribution in [3.05, 3.63) is 63.9 Å². The molecule has 204 valence electrons. The Morgan fingerprint density at radius 1 is 1.03 bits per heavy atom. The average molecular weight is 660 g/mol. The summed E-state index contributed by atoms with van der Waals surface area (Å²) in [6, 6.07) is 15.3. The number of aromatic nitrogens is 3. The Hall–Kier alpha value is -2.87. The first-order chi connectivity index (χ1) is 18.7. The molecule has 2 aromatic heterocycles. The maximum Gasteiger partial charge on any atom is 0.202 e. The molecule has 0 spiro atoms. The molecule has 0 atom stereocenters. The van der Waals surface area contributed by atoms with Gasteiger partial charge in [0.15, 0.2) is 21.3 Å². The fourth-order valence-corrected chi connectivity index (χ4v) is 6.17. The van der Waals surface area contributed by atoms with Crippen molar-refractivity contribution in [3.8, 4) is 34.0 Å². The van der Waals surface area contributed by atoms with Crippen molar-refractivity contribution in [2.75, 3.05) is 18.9 Å². The van der Waals surface area contributed by atoms with E-state index in [0.717, 1.165) is 41.7 Å². The van der Waals surface area contributed by atoms with Gasteiger partial charge in [-0.1, -0.05) is 41.6 Å². The Morgan fingerprint density at radius 3 is 2.36 bits per heavy atom. The summed E-state index contributed by atoms with van der Waals surface area (Å²) in [6.07, 6.45) is 3.63. The van der Waals surface area contributed by atoms with Crippen molar-refractivity contribution in [1.82, 2.24) is 20.4 Å². The summed E-state index contributed by atoms with van der Waals surface area (Å²) in [5, 5.41) is 7.41. The van der Waals surface area contributed by atoms with E-state index in [9.17, 15) is 8.42 Å². The summed E-state index contributed by atoms with van der Waals surface area (Å²) in [6.45, 7) is 5.75. The molecule has 0 amide bonds. The summed E-state index contributed by atoms with van der Waals surface area (Å²) >= 11 is 2.19. The van der Waals surface area contributed by atoms with Crippen LogP contribution in [-0.4, -0.2) is 48.0 Å². The van der Waals surface area contributed by atoms with Crippen LogP contribution in [0.3, 0.4) is 0 Å². The van der Waals surface area contributed by atoms with E-state index in [0.29, 0.717) is 34.4 Å². The number of anilines is 1. The van der Waals surface area contributed by atoms with Crippen molar-refractivity contribution in [2.45, 2.75) is 49.4 Å². The van der Waals surface area contributed by atoms with Gasteiger partial charge in [0.05, 0.1) is 25.6 Å². The van der Waals surface area contributed by atoms with E-state index in [1.54, 1.807) is 44.3 Å². The summed E-state index contributed by atoms with van der Waals surface area (Å²) in [5.41, 5.74) is 10.6. The zero-order chi connectivity index (χ0) is 27.6. The van der Waals surface area contributed by atoms with Gasteiger partial charge in [-0.05, 0) is 67.0 Å². The number of sulfone groups is 1. The topological polar surface area (TPSA) is 133 Å². The smallest absolute Gasteiger partial charge is 0.202 e. The van der Waals surface area contributed by atoms with E-state index >= 15 is 0 Å². The predicted molar refractivity (Wildman–Crippen MR) is 159 cm³/mol. The van der Waals surface area contributed by atoms with Gasteiger partial charge in [-0.2, -0.15) is 0 Å². The number of halogens is 1. The minimum atomic E-state index is -3.36. The fraction of sp³-hybridized carbons (Fsp3) is 0.321. The highest BCUT2D eigenvalue weighted by molar-refractivity contribution is 14.1. The first-order valence-electron chi connectivity index (χ1n) is 12.8. The highest BCUT2D eigenvalue weighted by Gasteiger charge is 2.22. The van der Waals surface area contributed by atoms with Crippen LogP contribution in [0.5, 0.6) is 0 Å². The number of nitrogens with one attached hydrogen (secondary N) is 1. The lowest BCUT2D eigenvalue weighted by Crippen LogP contribution is -2.34. The number of benzene rings is 2. The predicted octanol–water partition coefficient (Wildman–Crippen LogP) is 5.10. The molecular weight excluding hydrogens is 629 g/mol. The van der Waals surface area contributed by atoms with Crippen molar-refractivity contribution >= 4 is 38.2 Å². The normalized spacial score (nSPS) is 14.7. The van der Waals surface area contributed by atoms with Gasteiger partial charge in [-0.3, -0.25) is 0 Å². The molecule has 3 heterocycles. The zero-order valence-electron chi connectivity index (χ0n) is 21.7. The van der Waals surface area contributed by atoms with Gasteiger partial charge < -0.3 is 20.3 Å². The van der Waals surface area contributed by atoms with Gasteiger partial charge in [0, 0.05) is 36.9 Å². The van der Waals surface area contributed by atoms with E-state index in [1.807, 2.05) is 12.1 Å². The van der Waals surface area contributed by atoms with E-state index in [4.69, 9.17) is 20.0 Å². The molecule has 2 aromatic carbocycles. The van der Waals surface area contributed by atoms with Gasteiger partial charge in [-0.25, -0.2) is 18.4 Å². The van der Waals surface area contributed by atoms with Crippen LogP contribution in [0.1, 0.15) is 32.3 Å². The van der Waals surface area contributed by atoms with Crippen molar-refractivity contribution in [3.63, 3.8) is 0 Å². The Kier molecular flexibility index (Phi) is 8.31. The minimum Gasteiger partial charge on any atom is -0.382 e. The molecule has 1 fully saturated rings. The number of nitrogens with zero attached hydrogens (tertiary/aromatic N) is 3. The molecule has 9 nitrogen and oxygen atoms in total. The molecule has 1 aliphatic heterocycles. The van der Waals surface area contributed by atoms with Crippen LogP contribution in [-0.2, 0) is 21.1 Å². The quantitative estimate of drug-likeness (QED) is 0.248. The molecule has 0 aliphatic carbocycles. The molecule has 0 bridgehead atoms. The van der Waals surface area contributed by atoms with Crippen LogP contribution in [0.25, 0.3) is 34.0 Å². The SMILES string of the molecule is CC(C)S(=O)(=O)c1ccc(-c2cnc(N)c(-c3onc(-c4ccc(CNC5CCOCC5)cc4)c3I)n2)cc1. The maximum atomic E-state index is 12.5. The third-order valence-corrected chi connectivity index (χ3v) is 9.97. The van der Waals surface area contributed by atoms with Crippen molar-refractivity contribution < 1.29 is 17.7 Å². The summed E-state index contributed by atoms with van der Waals surface area (Å²) < 4.78 is 36.8. The molecule has 0 unspecified atom stereocenters. The fourth-order valence-electron chi connectivity index (χ4n) is 4.34. The second-order valence-corrected chi connectivity index (χ2v) is 13.3. The highest BCUT2D eigenvalue weighted by atomic mass is 127. The number of hydrogen-bond acceptors (Lipinski definition) is 9. The van der Waals surface area contributed by atoms with E-state index in [-0.39, 0.29) is 10.7 Å². The van der Waals surface area contributed by atoms with Crippen LogP contribution in [0.2, 0.25) is 0 Å². The minimum absolute atomic E-state index is 0.216. The Bertz CT molecular complexity index is 1550. The molecule has 1 aliphatic rings. The van der Waals surface area contributed by atoms with Crippen LogP contribution < -0.4 is 11.1 Å². The average Bonchev–Trinajstić information content (AvgIpc) is 3.34. The molecule has 5 rings (SSSR count). The molecule has 1 saturated heterocycles. The van der Waals surface area contributed by atoms with Gasteiger partial charge >= 0.3 is 0 Å². The standard InChI is InChI=1S/C28H30IN5O4S/c1-17(2)39(35,36)22-9-7-19(8-10-22)23-16-32-28(30)26(33-23)27-24(29)25(34-38-27)20-5-3-18(4-6-20)15-31-21-11-13-37-14-12-21/h3-10,16-17,21,31H,11-15H2,1-2H3,(H2,30,32). The van der Waals surface area contributed by atoms with Crippen LogP contribution in [0.15, 0.2) is 64.1 Å². The van der Waals surface area contributed by atoms with Crippen molar-refractivity contribution in [1.29, 1.82) is 0 Å². The lowest BCUT2D eigenvalue weighted by atomic mass is 10.1. The number of nitrogen functional groups attached to an aromatic ring is 1. The molecule has 3 N–H and O–H groups in total. The van der Waals surface area contributed by atoms with E-state index in [2.05, 4.69) is 50.2 Å². The Balaban J connectivity index is 1.36. The van der Waals surface area contributed by atoms with Crippen LogP contribution in [0.4, 0.5) is 5.82 Å². The third kappa shape index (κ3) is 6.01. The monoisotopic (exact) mass is 659 g/mol. The largest absolute Gasteiger partial charge is 0.382 e. The second-order valence-electron chi connectivity index (χ2n) is 9.75. The van der Waals surface area contributed by atoms with Gasteiger partial charge in [0.25, 0.3) is 0 Å². The van der Waals surface area contributed by atoms with Crippen molar-refractivity contribution in [2.24, 2.45) is 0 Å². The van der Waals surface area contributed by atoms with Crippen LogP contribution in [0, 0.1) is 3.57 Å². The maximum absolute atomic E-state index is 12.5. The summed E-state index contributed by atoms with van der Waals surface area (Å²) in [5.74, 6) is 0.648. The third-order valence-electron chi connectivity index (χ3n) is 6.79. The lowest BCUT2D eigenvalue weighted by Gasteiger charge is -2.23. The zero-order valence-corrected chi connectivity index (χ0v) is 24.7. The lowest BCUT2D eigenvalue weighted by molar-refractivity contribution is 0.0776. The summed E-state index contributed by atoms with van der Waals surface area (Å²) in [4.78, 5) is 9.28. The van der Waals surface area contributed by atoms with Crippen LogP contribution >= 0.6 is 22.6 Å². The van der Waals surface area contributed by atoms with Gasteiger partial charge in [-0.15, -0.1) is 0 Å². The highest BCUT2D eigenvalue weighted by Crippen LogP contribution is 2.35. The number of nitrogens with two attached hydrogens (primary N) is 1. The van der Waals surface area contributed by atoms with E-state index < -0.39 is 15.1 Å². The van der Waals surface area contributed by atoms with Gasteiger partial charge in [0.1, 0.15) is 5.69 Å². The Labute approximate surface area is 241 Å². The molecule has 39 heavy (non-hydrogen) atoms. The molecule has 0 radical (unpaired) electrons. The Morgan fingerprint density at radius 2 is 1.69 bits per heavy atom.